The van der Waals surface area contributed by atoms with Gasteiger partial charge in [0.25, 0.3) is 0 Å². The number of methoxy groups -OCH3 is 1. The second-order valence-electron chi connectivity index (χ2n) is 2.92. The summed E-state index contributed by atoms with van der Waals surface area (Å²) in [5, 5.41) is 9.69. The number of hydrogen-bond acceptors (Lipinski definition) is 3. The van der Waals surface area contributed by atoms with Crippen molar-refractivity contribution in [1.82, 2.24) is 0 Å². The highest BCUT2D eigenvalue weighted by Gasteiger charge is 2.14. The van der Waals surface area contributed by atoms with Crippen LogP contribution in [-0.2, 0) is 4.74 Å². The van der Waals surface area contributed by atoms with Crippen LogP contribution < -0.4 is 0 Å². The molecule has 1 aromatic rings. The van der Waals surface area contributed by atoms with Gasteiger partial charge in [0.15, 0.2) is 4.67 Å². The Kier molecular flexibility index (Phi) is 5.15. The highest BCUT2D eigenvalue weighted by Crippen LogP contribution is 2.31. The number of ether oxygens (including phenoxy) is 1. The summed E-state index contributed by atoms with van der Waals surface area (Å²) in [5.74, 6) is 0.569. The van der Waals surface area contributed by atoms with E-state index in [-0.39, 0.29) is 0 Å². The molecule has 0 saturated carbocycles. The molecule has 0 saturated heterocycles. The van der Waals surface area contributed by atoms with Crippen molar-refractivity contribution in [2.75, 3.05) is 13.7 Å². The van der Waals surface area contributed by atoms with E-state index in [0.29, 0.717) is 23.5 Å². The normalized spacial score (nSPS) is 13.1. The van der Waals surface area contributed by atoms with Crippen LogP contribution >= 0.6 is 31.9 Å². The molecule has 1 heterocycles. The van der Waals surface area contributed by atoms with Crippen LogP contribution in [0.25, 0.3) is 0 Å². The fourth-order valence-corrected chi connectivity index (χ4v) is 1.70. The number of furan rings is 1. The molecule has 3 nitrogen and oxygen atoms in total. The van der Waals surface area contributed by atoms with Crippen LogP contribution in [0.1, 0.15) is 24.7 Å². The first-order chi connectivity index (χ1) is 6.65. The lowest BCUT2D eigenvalue weighted by Gasteiger charge is -2.06. The Morgan fingerprint density at radius 2 is 2.29 bits per heavy atom. The monoisotopic (exact) mass is 326 g/mol. The largest absolute Gasteiger partial charge is 0.450 e. The molecule has 0 spiro atoms. The molecule has 0 bridgehead atoms. The van der Waals surface area contributed by atoms with Gasteiger partial charge in [-0.15, -0.1) is 0 Å². The molecule has 0 aromatic carbocycles. The van der Waals surface area contributed by atoms with E-state index in [4.69, 9.17) is 9.15 Å². The molecule has 0 aliphatic carbocycles. The topological polar surface area (TPSA) is 42.6 Å². The molecule has 0 aliphatic rings. The number of hydrogen-bond donors (Lipinski definition) is 1. The van der Waals surface area contributed by atoms with Crippen LogP contribution in [0.2, 0.25) is 0 Å². The third-order valence-electron chi connectivity index (χ3n) is 1.82. The van der Waals surface area contributed by atoms with Crippen molar-refractivity contribution in [3.05, 3.63) is 21.0 Å². The third kappa shape index (κ3) is 3.38. The fourth-order valence-electron chi connectivity index (χ4n) is 1.09. The van der Waals surface area contributed by atoms with Crippen molar-refractivity contribution in [1.29, 1.82) is 0 Å². The fraction of sp³-hybridized carbons (Fsp3) is 0.556. The summed E-state index contributed by atoms with van der Waals surface area (Å²) in [5.41, 5.74) is 0. The van der Waals surface area contributed by atoms with Gasteiger partial charge in [-0.25, -0.2) is 0 Å². The summed E-state index contributed by atoms with van der Waals surface area (Å²) in [6.07, 6.45) is 0.890. The van der Waals surface area contributed by atoms with Gasteiger partial charge in [-0.2, -0.15) is 0 Å². The van der Waals surface area contributed by atoms with Gasteiger partial charge in [-0.1, -0.05) is 0 Å². The van der Waals surface area contributed by atoms with E-state index in [2.05, 4.69) is 31.9 Å². The molecule has 1 N–H and O–H groups in total. The number of aliphatic hydroxyl groups is 1. The van der Waals surface area contributed by atoms with Crippen molar-refractivity contribution in [3.63, 3.8) is 0 Å². The maximum atomic E-state index is 9.69. The van der Waals surface area contributed by atoms with Crippen molar-refractivity contribution in [3.8, 4) is 0 Å². The summed E-state index contributed by atoms with van der Waals surface area (Å²) in [7, 11) is 1.65. The van der Waals surface area contributed by atoms with E-state index in [0.717, 1.165) is 10.9 Å². The minimum Gasteiger partial charge on any atom is -0.450 e. The Labute approximate surface area is 99.7 Å². The zero-order valence-corrected chi connectivity index (χ0v) is 11.0. The van der Waals surface area contributed by atoms with Gasteiger partial charge < -0.3 is 14.3 Å². The average Bonchev–Trinajstić information content (AvgIpc) is 2.47. The summed E-state index contributed by atoms with van der Waals surface area (Å²) < 4.78 is 11.6. The first kappa shape index (κ1) is 12.2. The molecule has 14 heavy (non-hydrogen) atoms. The van der Waals surface area contributed by atoms with Crippen LogP contribution in [0.5, 0.6) is 0 Å². The lowest BCUT2D eigenvalue weighted by molar-refractivity contribution is 0.117. The summed E-state index contributed by atoms with van der Waals surface area (Å²) in [6, 6.07) is 1.77. The smallest absolute Gasteiger partial charge is 0.183 e. The van der Waals surface area contributed by atoms with Crippen molar-refractivity contribution in [2.24, 2.45) is 0 Å². The first-order valence-electron chi connectivity index (χ1n) is 4.27. The predicted molar refractivity (Wildman–Crippen MR) is 60.2 cm³/mol. The highest BCUT2D eigenvalue weighted by molar-refractivity contribution is 9.13. The Morgan fingerprint density at radius 3 is 2.79 bits per heavy atom. The molecule has 0 fully saturated rings. The molecule has 0 amide bonds. The molecular formula is C9H12Br2O3. The van der Waals surface area contributed by atoms with Gasteiger partial charge in [0.05, 0.1) is 4.47 Å². The van der Waals surface area contributed by atoms with Crippen LogP contribution in [0.4, 0.5) is 0 Å². The lowest BCUT2D eigenvalue weighted by Crippen LogP contribution is -1.98. The minimum atomic E-state index is -0.562. The van der Waals surface area contributed by atoms with Gasteiger partial charge >= 0.3 is 0 Å². The van der Waals surface area contributed by atoms with Crippen LogP contribution in [-0.4, -0.2) is 18.8 Å². The summed E-state index contributed by atoms with van der Waals surface area (Å²) >= 11 is 6.51. The maximum absolute atomic E-state index is 9.69. The van der Waals surface area contributed by atoms with Crippen LogP contribution in [0.15, 0.2) is 19.6 Å². The van der Waals surface area contributed by atoms with Gasteiger partial charge in [0, 0.05) is 13.7 Å². The second-order valence-corrected chi connectivity index (χ2v) is 4.50. The SMILES string of the molecule is COCCCC(O)c1cc(Br)c(Br)o1. The Bertz CT molecular complexity index is 266. The van der Waals surface area contributed by atoms with E-state index >= 15 is 0 Å². The lowest BCUT2D eigenvalue weighted by atomic mass is 10.1. The number of aliphatic hydroxyl groups excluding tert-OH is 1. The predicted octanol–water partition coefficient (Wildman–Crippen LogP) is 3.26. The molecule has 1 unspecified atom stereocenters. The molecule has 5 heteroatoms. The van der Waals surface area contributed by atoms with Crippen molar-refractivity contribution >= 4 is 31.9 Å². The molecule has 1 atom stereocenters. The minimum absolute atomic E-state index is 0.562. The molecule has 0 aliphatic heterocycles. The molecular weight excluding hydrogens is 316 g/mol. The number of halogens is 2. The van der Waals surface area contributed by atoms with Crippen LogP contribution in [0, 0.1) is 0 Å². The molecule has 0 radical (unpaired) electrons. The second kappa shape index (κ2) is 5.90. The Hall–Kier alpha value is 0.160. The molecule has 1 aromatic heterocycles. The zero-order valence-electron chi connectivity index (χ0n) is 7.80. The van der Waals surface area contributed by atoms with Gasteiger partial charge in [0.1, 0.15) is 11.9 Å². The van der Waals surface area contributed by atoms with Crippen molar-refractivity contribution < 1.29 is 14.3 Å². The Morgan fingerprint density at radius 1 is 1.57 bits per heavy atom. The van der Waals surface area contributed by atoms with Gasteiger partial charge in [-0.05, 0) is 50.8 Å². The highest BCUT2D eigenvalue weighted by atomic mass is 79.9. The third-order valence-corrected chi connectivity index (χ3v) is 3.53. The van der Waals surface area contributed by atoms with Crippen molar-refractivity contribution in [2.45, 2.75) is 18.9 Å². The quantitative estimate of drug-likeness (QED) is 0.844. The average molecular weight is 328 g/mol. The van der Waals surface area contributed by atoms with E-state index in [1.54, 1.807) is 13.2 Å². The molecule has 1 rings (SSSR count). The standard InChI is InChI=1S/C9H12Br2O3/c1-13-4-2-3-7(12)8-5-6(10)9(11)14-8/h5,7,12H,2-4H2,1H3. The van der Waals surface area contributed by atoms with Crippen LogP contribution in [0.3, 0.4) is 0 Å². The first-order valence-corrected chi connectivity index (χ1v) is 5.85. The van der Waals surface area contributed by atoms with Gasteiger partial charge in [-0.3, -0.25) is 0 Å². The van der Waals surface area contributed by atoms with Gasteiger partial charge in [0.2, 0.25) is 0 Å². The van der Waals surface area contributed by atoms with E-state index < -0.39 is 6.10 Å². The Balaban J connectivity index is 2.47. The zero-order chi connectivity index (χ0) is 10.6. The van der Waals surface area contributed by atoms with E-state index in [9.17, 15) is 5.11 Å². The van der Waals surface area contributed by atoms with E-state index in [1.807, 2.05) is 0 Å². The molecule has 80 valence electrons. The maximum Gasteiger partial charge on any atom is 0.183 e. The number of rotatable bonds is 5. The summed E-state index contributed by atoms with van der Waals surface area (Å²) in [6.45, 7) is 0.653. The van der Waals surface area contributed by atoms with E-state index in [1.165, 1.54) is 0 Å². The summed E-state index contributed by atoms with van der Waals surface area (Å²) in [4.78, 5) is 0.